The molecule has 3 rings (SSSR count). The van der Waals surface area contributed by atoms with Crippen molar-refractivity contribution in [2.24, 2.45) is 17.1 Å². The first-order chi connectivity index (χ1) is 12.1. The van der Waals surface area contributed by atoms with E-state index in [-0.39, 0.29) is 23.8 Å². The number of hydrogen-bond donors (Lipinski definition) is 2. The molecule has 6 heteroatoms. The van der Waals surface area contributed by atoms with Crippen LogP contribution in [0.4, 0.5) is 0 Å². The first kappa shape index (κ1) is 18.6. The van der Waals surface area contributed by atoms with Gasteiger partial charge in [0, 0.05) is 44.8 Å². The van der Waals surface area contributed by atoms with Gasteiger partial charge in [0.1, 0.15) is 0 Å². The molecule has 0 unspecified atom stereocenters. The van der Waals surface area contributed by atoms with E-state index in [9.17, 15) is 9.59 Å². The summed E-state index contributed by atoms with van der Waals surface area (Å²) in [5.41, 5.74) is 5.53. The lowest BCUT2D eigenvalue weighted by molar-refractivity contribution is -0.148. The Labute approximate surface area is 150 Å². The van der Waals surface area contributed by atoms with Gasteiger partial charge in [-0.3, -0.25) is 9.59 Å². The van der Waals surface area contributed by atoms with Gasteiger partial charge < -0.3 is 20.7 Å². The van der Waals surface area contributed by atoms with E-state index < -0.39 is 5.41 Å². The van der Waals surface area contributed by atoms with E-state index in [1.165, 1.54) is 19.3 Å². The Bertz CT molecular complexity index is 463. The molecule has 0 aromatic carbocycles. The Morgan fingerprint density at radius 2 is 1.68 bits per heavy atom. The third-order valence-electron chi connectivity index (χ3n) is 6.40. The van der Waals surface area contributed by atoms with Crippen LogP contribution in [0.2, 0.25) is 0 Å². The van der Waals surface area contributed by atoms with Crippen LogP contribution >= 0.6 is 0 Å². The lowest BCUT2D eigenvalue weighted by Gasteiger charge is -2.41. The number of carbonyl (C=O) groups is 2. The van der Waals surface area contributed by atoms with Gasteiger partial charge in [-0.25, -0.2) is 0 Å². The maximum atomic E-state index is 13.0. The molecule has 25 heavy (non-hydrogen) atoms. The number of rotatable bonds is 4. The zero-order valence-corrected chi connectivity index (χ0v) is 15.3. The highest BCUT2D eigenvalue weighted by molar-refractivity contribution is 5.83. The first-order valence-corrected chi connectivity index (χ1v) is 10.0. The van der Waals surface area contributed by atoms with Crippen LogP contribution in [0.25, 0.3) is 0 Å². The summed E-state index contributed by atoms with van der Waals surface area (Å²) in [4.78, 5) is 27.3. The maximum absolute atomic E-state index is 13.0. The van der Waals surface area contributed by atoms with E-state index in [0.29, 0.717) is 19.8 Å². The minimum Gasteiger partial charge on any atom is -0.381 e. The SMILES string of the molecule is NCC1(C(=O)N2CCC(NC(=O)C3CCCCC3)CC2)CCOCC1. The molecule has 6 nitrogen and oxygen atoms in total. The van der Waals surface area contributed by atoms with E-state index in [1.807, 2.05) is 4.90 Å². The first-order valence-electron chi connectivity index (χ1n) is 10.0. The number of piperidine rings is 1. The predicted molar refractivity (Wildman–Crippen MR) is 95.9 cm³/mol. The molecule has 142 valence electrons. The molecule has 0 radical (unpaired) electrons. The average Bonchev–Trinajstić information content (AvgIpc) is 2.69. The fourth-order valence-electron chi connectivity index (χ4n) is 4.51. The standard InChI is InChI=1S/C19H33N3O3/c20-14-19(8-12-25-13-9-19)18(24)22-10-6-16(7-11-22)21-17(23)15-4-2-1-3-5-15/h15-16H,1-14,20H2,(H,21,23). The van der Waals surface area contributed by atoms with Crippen molar-refractivity contribution in [2.45, 2.75) is 63.8 Å². The molecule has 1 saturated carbocycles. The van der Waals surface area contributed by atoms with Crippen LogP contribution in [-0.4, -0.2) is 55.6 Å². The molecule has 3 N–H and O–H groups in total. The Balaban J connectivity index is 1.47. The number of nitrogens with zero attached hydrogens (tertiary/aromatic N) is 1. The molecule has 0 bridgehead atoms. The number of ether oxygens (including phenoxy) is 1. The molecule has 2 aliphatic heterocycles. The van der Waals surface area contributed by atoms with Crippen LogP contribution < -0.4 is 11.1 Å². The summed E-state index contributed by atoms with van der Waals surface area (Å²) in [7, 11) is 0. The highest BCUT2D eigenvalue weighted by Gasteiger charge is 2.42. The van der Waals surface area contributed by atoms with Gasteiger partial charge in [0.15, 0.2) is 0 Å². The molecule has 0 spiro atoms. The summed E-state index contributed by atoms with van der Waals surface area (Å²) in [5.74, 6) is 0.624. The largest absolute Gasteiger partial charge is 0.381 e. The molecule has 0 aromatic heterocycles. The average molecular weight is 351 g/mol. The van der Waals surface area contributed by atoms with Crippen LogP contribution in [0.15, 0.2) is 0 Å². The molecule has 3 fully saturated rings. The second kappa shape index (κ2) is 8.49. The van der Waals surface area contributed by atoms with Crippen LogP contribution in [0.1, 0.15) is 57.8 Å². The van der Waals surface area contributed by atoms with E-state index in [1.54, 1.807) is 0 Å². The fraction of sp³-hybridized carbons (Fsp3) is 0.895. The summed E-state index contributed by atoms with van der Waals surface area (Å²) in [6.07, 6.45) is 8.82. The van der Waals surface area contributed by atoms with Gasteiger partial charge in [-0.1, -0.05) is 19.3 Å². The van der Waals surface area contributed by atoms with Crippen molar-refractivity contribution in [3.63, 3.8) is 0 Å². The van der Waals surface area contributed by atoms with Crippen LogP contribution in [-0.2, 0) is 14.3 Å². The van der Waals surface area contributed by atoms with E-state index in [4.69, 9.17) is 10.5 Å². The van der Waals surface area contributed by atoms with E-state index >= 15 is 0 Å². The quantitative estimate of drug-likeness (QED) is 0.802. The van der Waals surface area contributed by atoms with E-state index in [2.05, 4.69) is 5.32 Å². The Morgan fingerprint density at radius 1 is 1.04 bits per heavy atom. The molecular weight excluding hydrogens is 318 g/mol. The lowest BCUT2D eigenvalue weighted by atomic mass is 9.78. The zero-order chi connectivity index (χ0) is 17.7. The highest BCUT2D eigenvalue weighted by Crippen LogP contribution is 2.32. The number of amides is 2. The number of carbonyl (C=O) groups excluding carboxylic acids is 2. The van der Waals surface area contributed by atoms with Crippen molar-refractivity contribution in [1.82, 2.24) is 10.2 Å². The van der Waals surface area contributed by atoms with Crippen LogP contribution in [0.3, 0.4) is 0 Å². The van der Waals surface area contributed by atoms with Crippen molar-refractivity contribution in [3.8, 4) is 0 Å². The second-order valence-corrected chi connectivity index (χ2v) is 8.01. The van der Waals surface area contributed by atoms with Crippen LogP contribution in [0, 0.1) is 11.3 Å². The smallest absolute Gasteiger partial charge is 0.230 e. The molecule has 3 aliphatic rings. The van der Waals surface area contributed by atoms with Gasteiger partial charge in [0.05, 0.1) is 5.41 Å². The predicted octanol–water partition coefficient (Wildman–Crippen LogP) is 1.43. The molecule has 0 atom stereocenters. The minimum atomic E-state index is -0.434. The minimum absolute atomic E-state index is 0.190. The van der Waals surface area contributed by atoms with Crippen molar-refractivity contribution >= 4 is 11.8 Å². The molecule has 2 saturated heterocycles. The summed E-state index contributed by atoms with van der Waals surface area (Å²) in [6, 6.07) is 0.210. The highest BCUT2D eigenvalue weighted by atomic mass is 16.5. The van der Waals surface area contributed by atoms with Crippen molar-refractivity contribution < 1.29 is 14.3 Å². The van der Waals surface area contributed by atoms with Crippen molar-refractivity contribution in [1.29, 1.82) is 0 Å². The van der Waals surface area contributed by atoms with E-state index in [0.717, 1.165) is 51.6 Å². The van der Waals surface area contributed by atoms with Crippen molar-refractivity contribution in [3.05, 3.63) is 0 Å². The van der Waals surface area contributed by atoms with Gasteiger partial charge in [-0.2, -0.15) is 0 Å². The summed E-state index contributed by atoms with van der Waals surface area (Å²) in [6.45, 7) is 3.08. The normalized spacial score (nSPS) is 25.6. The third-order valence-corrected chi connectivity index (χ3v) is 6.40. The topological polar surface area (TPSA) is 84.7 Å². The summed E-state index contributed by atoms with van der Waals surface area (Å²) < 4.78 is 5.41. The molecule has 2 heterocycles. The van der Waals surface area contributed by atoms with Gasteiger partial charge >= 0.3 is 0 Å². The zero-order valence-electron chi connectivity index (χ0n) is 15.3. The summed E-state index contributed by atoms with van der Waals surface area (Å²) >= 11 is 0. The Morgan fingerprint density at radius 3 is 2.28 bits per heavy atom. The maximum Gasteiger partial charge on any atom is 0.230 e. The number of nitrogens with two attached hydrogens (primary N) is 1. The van der Waals surface area contributed by atoms with Gasteiger partial charge in [0.25, 0.3) is 0 Å². The number of likely N-dealkylation sites (tertiary alicyclic amines) is 1. The lowest BCUT2D eigenvalue weighted by Crippen LogP contribution is -2.54. The van der Waals surface area contributed by atoms with Gasteiger partial charge in [-0.15, -0.1) is 0 Å². The number of hydrogen-bond acceptors (Lipinski definition) is 4. The fourth-order valence-corrected chi connectivity index (χ4v) is 4.51. The molecule has 2 amide bonds. The van der Waals surface area contributed by atoms with Crippen molar-refractivity contribution in [2.75, 3.05) is 32.8 Å². The number of nitrogens with one attached hydrogen (secondary N) is 1. The van der Waals surface area contributed by atoms with Gasteiger partial charge in [-0.05, 0) is 38.5 Å². The monoisotopic (exact) mass is 351 g/mol. The molecular formula is C19H33N3O3. The summed E-state index contributed by atoms with van der Waals surface area (Å²) in [5, 5.41) is 3.23. The van der Waals surface area contributed by atoms with Gasteiger partial charge in [0.2, 0.25) is 11.8 Å². The third kappa shape index (κ3) is 4.34. The second-order valence-electron chi connectivity index (χ2n) is 8.01. The molecule has 1 aliphatic carbocycles. The Hall–Kier alpha value is -1.14. The molecule has 0 aromatic rings. The Kier molecular flexibility index (Phi) is 6.34. The van der Waals surface area contributed by atoms with Crippen LogP contribution in [0.5, 0.6) is 0 Å².